The number of nitrogens with one attached hydrogen (secondary N) is 1. The normalized spacial score (nSPS) is 42.8. The van der Waals surface area contributed by atoms with Crippen molar-refractivity contribution in [3.63, 3.8) is 0 Å². The molecule has 2 aliphatic heterocycles. The van der Waals surface area contributed by atoms with E-state index in [4.69, 9.17) is 4.74 Å². The first-order valence-electron chi connectivity index (χ1n) is 6.69. The van der Waals surface area contributed by atoms with Crippen molar-refractivity contribution in [1.82, 2.24) is 5.32 Å². The molecule has 1 aliphatic carbocycles. The summed E-state index contributed by atoms with van der Waals surface area (Å²) in [5.74, 6) is 1.91. The van der Waals surface area contributed by atoms with Gasteiger partial charge in [0, 0.05) is 12.0 Å². The standard InChI is InChI=1S/C13H23NO/c1-2-4-11(3-1)12-9-14-7-5-13(12)6-8-15-10-13/h11-12,14H,1-10H2. The van der Waals surface area contributed by atoms with Crippen LogP contribution in [0.5, 0.6) is 0 Å². The lowest BCUT2D eigenvalue weighted by Crippen LogP contribution is -2.48. The SMILES string of the molecule is C1CCC(C2CNCCC23CCOC3)C1. The molecule has 3 aliphatic rings. The van der Waals surface area contributed by atoms with Gasteiger partial charge in [-0.05, 0) is 37.8 Å². The molecule has 2 saturated heterocycles. The maximum Gasteiger partial charge on any atom is 0.0526 e. The van der Waals surface area contributed by atoms with E-state index in [0.717, 1.165) is 25.0 Å². The first-order chi connectivity index (χ1) is 7.41. The lowest BCUT2D eigenvalue weighted by molar-refractivity contribution is 0.0434. The number of hydrogen-bond donors (Lipinski definition) is 1. The van der Waals surface area contributed by atoms with Gasteiger partial charge < -0.3 is 10.1 Å². The van der Waals surface area contributed by atoms with E-state index in [1.165, 1.54) is 51.6 Å². The third-order valence-corrected chi connectivity index (χ3v) is 5.05. The van der Waals surface area contributed by atoms with E-state index >= 15 is 0 Å². The summed E-state index contributed by atoms with van der Waals surface area (Å²) in [5.41, 5.74) is 0.570. The monoisotopic (exact) mass is 209 g/mol. The van der Waals surface area contributed by atoms with Crippen molar-refractivity contribution in [2.75, 3.05) is 26.3 Å². The van der Waals surface area contributed by atoms with Crippen LogP contribution in [0.4, 0.5) is 0 Å². The minimum atomic E-state index is 0.570. The number of rotatable bonds is 1. The Morgan fingerprint density at radius 2 is 2.00 bits per heavy atom. The Labute approximate surface area is 92.8 Å². The minimum absolute atomic E-state index is 0.570. The summed E-state index contributed by atoms with van der Waals surface area (Å²) >= 11 is 0. The minimum Gasteiger partial charge on any atom is -0.381 e. The fraction of sp³-hybridized carbons (Fsp3) is 1.00. The van der Waals surface area contributed by atoms with Crippen LogP contribution in [0.3, 0.4) is 0 Å². The molecule has 0 bridgehead atoms. The second-order valence-electron chi connectivity index (χ2n) is 5.77. The Morgan fingerprint density at radius 1 is 1.13 bits per heavy atom. The molecule has 2 heterocycles. The highest BCUT2D eigenvalue weighted by molar-refractivity contribution is 4.97. The third-order valence-electron chi connectivity index (χ3n) is 5.05. The van der Waals surface area contributed by atoms with Crippen LogP contribution in [0.2, 0.25) is 0 Å². The van der Waals surface area contributed by atoms with Crippen LogP contribution in [0, 0.1) is 17.3 Å². The predicted molar refractivity (Wildman–Crippen MR) is 60.8 cm³/mol. The Bertz CT molecular complexity index is 217. The lowest BCUT2D eigenvalue weighted by atomic mass is 9.65. The van der Waals surface area contributed by atoms with E-state index in [9.17, 15) is 0 Å². The molecule has 1 saturated carbocycles. The smallest absolute Gasteiger partial charge is 0.0526 e. The average Bonchev–Trinajstić information content (AvgIpc) is 2.90. The van der Waals surface area contributed by atoms with Crippen molar-refractivity contribution < 1.29 is 4.74 Å². The summed E-state index contributed by atoms with van der Waals surface area (Å²) in [7, 11) is 0. The molecule has 0 aromatic rings. The van der Waals surface area contributed by atoms with Crippen LogP contribution in [0.25, 0.3) is 0 Å². The summed E-state index contributed by atoms with van der Waals surface area (Å²) < 4.78 is 5.70. The van der Waals surface area contributed by atoms with Crippen LogP contribution in [-0.4, -0.2) is 26.3 Å². The fourth-order valence-electron chi connectivity index (χ4n) is 4.14. The van der Waals surface area contributed by atoms with Crippen LogP contribution in [0.15, 0.2) is 0 Å². The van der Waals surface area contributed by atoms with E-state index in [-0.39, 0.29) is 0 Å². The molecule has 2 atom stereocenters. The average molecular weight is 209 g/mol. The maximum atomic E-state index is 5.70. The van der Waals surface area contributed by atoms with E-state index in [1.807, 2.05) is 0 Å². The van der Waals surface area contributed by atoms with E-state index in [1.54, 1.807) is 0 Å². The summed E-state index contributed by atoms with van der Waals surface area (Å²) in [6, 6.07) is 0. The molecule has 2 heteroatoms. The quantitative estimate of drug-likeness (QED) is 0.715. The van der Waals surface area contributed by atoms with E-state index in [0.29, 0.717) is 5.41 Å². The van der Waals surface area contributed by atoms with Gasteiger partial charge >= 0.3 is 0 Å². The molecule has 3 fully saturated rings. The second-order valence-corrected chi connectivity index (χ2v) is 5.77. The number of piperidine rings is 1. The van der Waals surface area contributed by atoms with Gasteiger partial charge in [-0.15, -0.1) is 0 Å². The van der Waals surface area contributed by atoms with E-state index in [2.05, 4.69) is 5.32 Å². The highest BCUT2D eigenvalue weighted by Gasteiger charge is 2.47. The van der Waals surface area contributed by atoms with Gasteiger partial charge in [0.05, 0.1) is 6.61 Å². The largest absolute Gasteiger partial charge is 0.381 e. The molecule has 3 rings (SSSR count). The summed E-state index contributed by atoms with van der Waals surface area (Å²) in [4.78, 5) is 0. The Hall–Kier alpha value is -0.0800. The zero-order valence-corrected chi connectivity index (χ0v) is 9.63. The van der Waals surface area contributed by atoms with Crippen LogP contribution < -0.4 is 5.32 Å². The fourth-order valence-corrected chi connectivity index (χ4v) is 4.14. The van der Waals surface area contributed by atoms with E-state index < -0.39 is 0 Å². The Morgan fingerprint density at radius 3 is 2.73 bits per heavy atom. The molecule has 0 aromatic heterocycles. The Balaban J connectivity index is 1.77. The van der Waals surface area contributed by atoms with Gasteiger partial charge in [-0.3, -0.25) is 0 Å². The van der Waals surface area contributed by atoms with Gasteiger partial charge in [0.2, 0.25) is 0 Å². The van der Waals surface area contributed by atoms with Gasteiger partial charge in [0.25, 0.3) is 0 Å². The lowest BCUT2D eigenvalue weighted by Gasteiger charge is -2.44. The van der Waals surface area contributed by atoms with Gasteiger partial charge in [-0.2, -0.15) is 0 Å². The van der Waals surface area contributed by atoms with Crippen LogP contribution in [0.1, 0.15) is 38.5 Å². The first-order valence-corrected chi connectivity index (χ1v) is 6.69. The van der Waals surface area contributed by atoms with Crippen LogP contribution in [-0.2, 0) is 4.74 Å². The molecular formula is C13H23NO. The first kappa shape index (κ1) is 10.1. The van der Waals surface area contributed by atoms with Crippen molar-refractivity contribution in [3.8, 4) is 0 Å². The number of hydrogen-bond acceptors (Lipinski definition) is 2. The maximum absolute atomic E-state index is 5.70. The zero-order chi connectivity index (χ0) is 10.1. The third kappa shape index (κ3) is 1.72. The van der Waals surface area contributed by atoms with Crippen molar-refractivity contribution in [1.29, 1.82) is 0 Å². The predicted octanol–water partition coefficient (Wildman–Crippen LogP) is 2.19. The second kappa shape index (κ2) is 4.06. The van der Waals surface area contributed by atoms with Gasteiger partial charge in [-0.25, -0.2) is 0 Å². The molecule has 0 amide bonds. The molecule has 0 aromatic carbocycles. The topological polar surface area (TPSA) is 21.3 Å². The summed E-state index contributed by atoms with van der Waals surface area (Å²) in [6.07, 6.45) is 8.59. The number of ether oxygens (including phenoxy) is 1. The van der Waals surface area contributed by atoms with Crippen molar-refractivity contribution in [2.24, 2.45) is 17.3 Å². The zero-order valence-electron chi connectivity index (χ0n) is 9.63. The highest BCUT2D eigenvalue weighted by Crippen LogP contribution is 2.48. The molecule has 1 N–H and O–H groups in total. The summed E-state index contributed by atoms with van der Waals surface area (Å²) in [5, 5.41) is 3.61. The van der Waals surface area contributed by atoms with Crippen molar-refractivity contribution in [2.45, 2.75) is 38.5 Å². The van der Waals surface area contributed by atoms with Crippen LogP contribution >= 0.6 is 0 Å². The molecule has 15 heavy (non-hydrogen) atoms. The highest BCUT2D eigenvalue weighted by atomic mass is 16.5. The van der Waals surface area contributed by atoms with Gasteiger partial charge in [0.15, 0.2) is 0 Å². The molecular weight excluding hydrogens is 186 g/mol. The Kier molecular flexibility index (Phi) is 2.73. The van der Waals surface area contributed by atoms with Gasteiger partial charge in [-0.1, -0.05) is 25.7 Å². The van der Waals surface area contributed by atoms with Crippen molar-refractivity contribution in [3.05, 3.63) is 0 Å². The van der Waals surface area contributed by atoms with Gasteiger partial charge in [0.1, 0.15) is 0 Å². The molecule has 2 unspecified atom stereocenters. The van der Waals surface area contributed by atoms with Crippen molar-refractivity contribution >= 4 is 0 Å². The molecule has 1 spiro atoms. The summed E-state index contributed by atoms with van der Waals surface area (Å²) in [6.45, 7) is 4.54. The molecule has 86 valence electrons. The molecule has 0 radical (unpaired) electrons. The molecule has 2 nitrogen and oxygen atoms in total.